The predicted molar refractivity (Wildman–Crippen MR) is 112 cm³/mol. The summed E-state index contributed by atoms with van der Waals surface area (Å²) in [5.74, 6) is -2.97. The van der Waals surface area contributed by atoms with E-state index < -0.39 is 48.4 Å². The lowest BCUT2D eigenvalue weighted by Gasteiger charge is -2.23. The molecule has 0 fully saturated rings. The highest BCUT2D eigenvalue weighted by Crippen LogP contribution is 2.05. The molecule has 3 unspecified atom stereocenters. The van der Waals surface area contributed by atoms with Crippen molar-refractivity contribution in [1.82, 2.24) is 16.0 Å². The van der Waals surface area contributed by atoms with Gasteiger partial charge in [0.25, 0.3) is 0 Å². The van der Waals surface area contributed by atoms with Crippen LogP contribution in [0.4, 0.5) is 0 Å². The van der Waals surface area contributed by atoms with Crippen LogP contribution in [0.25, 0.3) is 0 Å². The number of nitrogens with one attached hydrogen (secondary N) is 3. The smallest absolute Gasteiger partial charge is 0.322 e. The molecular formula is C17H34N6O5S. The SMILES string of the molecule is NCCCCC(N)C(=O)NC(CCCCN)C(=O)NC(CS)C(=O)NCC(=O)O. The Morgan fingerprint density at radius 1 is 0.828 bits per heavy atom. The van der Waals surface area contributed by atoms with E-state index >= 15 is 0 Å². The Balaban J connectivity index is 4.93. The van der Waals surface area contributed by atoms with E-state index in [0.29, 0.717) is 45.2 Å². The highest BCUT2D eigenvalue weighted by atomic mass is 32.1. The average molecular weight is 435 g/mol. The molecule has 12 heteroatoms. The van der Waals surface area contributed by atoms with Gasteiger partial charge in [0.1, 0.15) is 18.6 Å². The first-order valence-electron chi connectivity index (χ1n) is 9.63. The van der Waals surface area contributed by atoms with Crippen molar-refractivity contribution in [3.8, 4) is 0 Å². The van der Waals surface area contributed by atoms with Crippen molar-refractivity contribution >= 4 is 36.3 Å². The molecule has 0 aliphatic carbocycles. The quantitative estimate of drug-likeness (QED) is 0.0975. The summed E-state index contributed by atoms with van der Waals surface area (Å²) in [6.45, 7) is 0.374. The Morgan fingerprint density at radius 3 is 1.90 bits per heavy atom. The molecule has 0 aliphatic heterocycles. The van der Waals surface area contributed by atoms with Crippen molar-refractivity contribution in [3.05, 3.63) is 0 Å². The third-order valence-corrected chi connectivity index (χ3v) is 4.48. The minimum Gasteiger partial charge on any atom is -0.480 e. The Morgan fingerprint density at radius 2 is 1.38 bits per heavy atom. The summed E-state index contributed by atoms with van der Waals surface area (Å²) in [7, 11) is 0. The summed E-state index contributed by atoms with van der Waals surface area (Å²) >= 11 is 4.02. The van der Waals surface area contributed by atoms with Gasteiger partial charge in [-0.25, -0.2) is 0 Å². The van der Waals surface area contributed by atoms with Gasteiger partial charge in [-0.15, -0.1) is 0 Å². The fraction of sp³-hybridized carbons (Fsp3) is 0.765. The number of carboxylic acids is 1. The van der Waals surface area contributed by atoms with Crippen LogP contribution in [0.5, 0.6) is 0 Å². The van der Waals surface area contributed by atoms with Crippen molar-refractivity contribution in [2.24, 2.45) is 17.2 Å². The number of thiol groups is 1. The third-order valence-electron chi connectivity index (χ3n) is 4.12. The molecule has 0 heterocycles. The average Bonchev–Trinajstić information content (AvgIpc) is 2.69. The molecule has 0 saturated carbocycles. The number of unbranched alkanes of at least 4 members (excludes halogenated alkanes) is 2. The molecule has 0 aliphatic rings. The molecule has 11 nitrogen and oxygen atoms in total. The lowest BCUT2D eigenvalue weighted by Crippen LogP contribution is -2.56. The second-order valence-electron chi connectivity index (χ2n) is 6.59. The standard InChI is InChI=1S/C17H34N6O5S/c18-7-3-1-5-11(20)15(26)22-12(6-2-4-8-19)17(28)23-13(10-29)16(27)21-9-14(24)25/h11-13,29H,1-10,18-20H2,(H,21,27)(H,22,26)(H,23,28)(H,24,25). The number of amides is 3. The Hall–Kier alpha value is -1.89. The van der Waals surface area contributed by atoms with Crippen molar-refractivity contribution in [3.63, 3.8) is 0 Å². The first kappa shape index (κ1) is 27.1. The van der Waals surface area contributed by atoms with Gasteiger partial charge in [-0.1, -0.05) is 6.42 Å². The van der Waals surface area contributed by atoms with Crippen molar-refractivity contribution in [1.29, 1.82) is 0 Å². The summed E-state index contributed by atoms with van der Waals surface area (Å²) in [4.78, 5) is 47.5. The van der Waals surface area contributed by atoms with Crippen LogP contribution in [0.3, 0.4) is 0 Å². The van der Waals surface area contributed by atoms with Crippen LogP contribution in [0.1, 0.15) is 38.5 Å². The van der Waals surface area contributed by atoms with E-state index in [1.165, 1.54) is 0 Å². The van der Waals surface area contributed by atoms with Gasteiger partial charge in [0.2, 0.25) is 17.7 Å². The molecule has 0 aromatic carbocycles. The molecule has 29 heavy (non-hydrogen) atoms. The van der Waals surface area contributed by atoms with Gasteiger partial charge in [-0.3, -0.25) is 19.2 Å². The van der Waals surface area contributed by atoms with Gasteiger partial charge in [0.05, 0.1) is 6.04 Å². The topological polar surface area (TPSA) is 203 Å². The van der Waals surface area contributed by atoms with E-state index in [1.807, 2.05) is 0 Å². The number of rotatable bonds is 16. The number of carbonyl (C=O) groups excluding carboxylic acids is 3. The summed E-state index contributed by atoms with van der Waals surface area (Å²) < 4.78 is 0. The van der Waals surface area contributed by atoms with Gasteiger partial charge in [-0.2, -0.15) is 12.6 Å². The van der Waals surface area contributed by atoms with Gasteiger partial charge in [0, 0.05) is 5.75 Å². The van der Waals surface area contributed by atoms with E-state index in [0.717, 1.165) is 6.42 Å². The van der Waals surface area contributed by atoms with Crippen molar-refractivity contribution < 1.29 is 24.3 Å². The van der Waals surface area contributed by atoms with E-state index in [4.69, 9.17) is 22.3 Å². The normalized spacial score (nSPS) is 13.8. The number of carboxylic acid groups (broad SMARTS) is 1. The monoisotopic (exact) mass is 434 g/mol. The van der Waals surface area contributed by atoms with E-state index in [2.05, 4.69) is 28.6 Å². The van der Waals surface area contributed by atoms with Gasteiger partial charge < -0.3 is 38.3 Å². The van der Waals surface area contributed by atoms with Gasteiger partial charge in [-0.05, 0) is 45.2 Å². The van der Waals surface area contributed by atoms with Crippen LogP contribution in [0, 0.1) is 0 Å². The van der Waals surface area contributed by atoms with Crippen LogP contribution < -0.4 is 33.2 Å². The summed E-state index contributed by atoms with van der Waals surface area (Å²) in [6.07, 6.45) is 3.46. The number of hydrogen-bond donors (Lipinski definition) is 8. The maximum atomic E-state index is 12.6. The Kier molecular flexibility index (Phi) is 14.9. The lowest BCUT2D eigenvalue weighted by molar-refractivity contribution is -0.138. The van der Waals surface area contributed by atoms with Crippen LogP contribution in [0.2, 0.25) is 0 Å². The first-order chi connectivity index (χ1) is 13.8. The highest BCUT2D eigenvalue weighted by molar-refractivity contribution is 7.80. The molecule has 0 rings (SSSR count). The van der Waals surface area contributed by atoms with Gasteiger partial charge in [0.15, 0.2) is 0 Å². The van der Waals surface area contributed by atoms with Crippen LogP contribution in [-0.2, 0) is 19.2 Å². The zero-order valence-corrected chi connectivity index (χ0v) is 17.5. The molecule has 0 aromatic rings. The lowest BCUT2D eigenvalue weighted by atomic mass is 10.1. The van der Waals surface area contributed by atoms with E-state index in [1.54, 1.807) is 0 Å². The zero-order chi connectivity index (χ0) is 22.2. The molecule has 0 spiro atoms. The highest BCUT2D eigenvalue weighted by Gasteiger charge is 2.27. The third kappa shape index (κ3) is 12.3. The zero-order valence-electron chi connectivity index (χ0n) is 16.6. The molecule has 0 saturated heterocycles. The molecule has 0 radical (unpaired) electrons. The van der Waals surface area contributed by atoms with Crippen LogP contribution in [0.15, 0.2) is 0 Å². The molecule has 3 amide bonds. The van der Waals surface area contributed by atoms with Crippen LogP contribution in [-0.4, -0.2) is 72.3 Å². The van der Waals surface area contributed by atoms with Gasteiger partial charge >= 0.3 is 5.97 Å². The molecule has 10 N–H and O–H groups in total. The molecule has 3 atom stereocenters. The molecule has 168 valence electrons. The van der Waals surface area contributed by atoms with Crippen molar-refractivity contribution in [2.45, 2.75) is 56.7 Å². The first-order valence-corrected chi connectivity index (χ1v) is 10.3. The minimum absolute atomic E-state index is 0.0424. The summed E-state index contributed by atoms with van der Waals surface area (Å²) in [5, 5.41) is 15.9. The molecule has 0 aromatic heterocycles. The Bertz CT molecular complexity index is 536. The minimum atomic E-state index is -1.21. The number of nitrogens with two attached hydrogens (primary N) is 3. The maximum Gasteiger partial charge on any atom is 0.322 e. The largest absolute Gasteiger partial charge is 0.480 e. The maximum absolute atomic E-state index is 12.6. The number of carbonyl (C=O) groups is 4. The molecular weight excluding hydrogens is 400 g/mol. The Labute approximate surface area is 176 Å². The fourth-order valence-electron chi connectivity index (χ4n) is 2.43. The predicted octanol–water partition coefficient (Wildman–Crippen LogP) is -2.33. The number of hydrogen-bond acceptors (Lipinski definition) is 8. The van der Waals surface area contributed by atoms with Crippen LogP contribution >= 0.6 is 12.6 Å². The number of aliphatic carboxylic acids is 1. The second kappa shape index (κ2) is 16.0. The van der Waals surface area contributed by atoms with E-state index in [9.17, 15) is 19.2 Å². The summed E-state index contributed by atoms with van der Waals surface area (Å²) in [6, 6.07) is -2.72. The fourth-order valence-corrected chi connectivity index (χ4v) is 2.69. The second-order valence-corrected chi connectivity index (χ2v) is 6.96. The molecule has 0 bridgehead atoms. The van der Waals surface area contributed by atoms with Crippen molar-refractivity contribution in [2.75, 3.05) is 25.4 Å². The van der Waals surface area contributed by atoms with E-state index in [-0.39, 0.29) is 5.75 Å². The summed E-state index contributed by atoms with van der Waals surface area (Å²) in [5.41, 5.74) is 16.8.